The van der Waals surface area contributed by atoms with Crippen LogP contribution in [0.3, 0.4) is 0 Å². The van der Waals surface area contributed by atoms with Crippen LogP contribution in [0.15, 0.2) is 0 Å². The minimum absolute atomic E-state index is 0.0885. The Kier molecular flexibility index (Phi) is 5.77. The van der Waals surface area contributed by atoms with E-state index in [1.165, 1.54) is 0 Å². The molecule has 4 heteroatoms. The van der Waals surface area contributed by atoms with Gasteiger partial charge in [-0.25, -0.2) is 0 Å². The van der Waals surface area contributed by atoms with E-state index in [0.29, 0.717) is 13.2 Å². The molecule has 1 rings (SSSR count). The van der Waals surface area contributed by atoms with Crippen LogP contribution in [0, 0.1) is 5.92 Å². The van der Waals surface area contributed by atoms with Crippen molar-refractivity contribution in [3.63, 3.8) is 0 Å². The molecule has 0 spiro atoms. The van der Waals surface area contributed by atoms with E-state index >= 15 is 0 Å². The van der Waals surface area contributed by atoms with Gasteiger partial charge >= 0.3 is 0 Å². The van der Waals surface area contributed by atoms with Crippen molar-refractivity contribution in [1.82, 2.24) is 5.32 Å². The zero-order valence-corrected chi connectivity index (χ0v) is 10.4. The first-order valence-corrected chi connectivity index (χ1v) is 6.27. The van der Waals surface area contributed by atoms with Crippen LogP contribution >= 0.6 is 0 Å². The summed E-state index contributed by atoms with van der Waals surface area (Å²) in [6, 6.07) is 0.289. The molecule has 4 nitrogen and oxygen atoms in total. The smallest absolute Gasteiger partial charge is 0.223 e. The van der Waals surface area contributed by atoms with Gasteiger partial charge in [-0.15, -0.1) is 0 Å². The standard InChI is InChI=1S/C12H24N2O2/c1-3-16-8-9(2)14-12(15)10-5-4-6-11(13)7-10/h9-11H,3-8,13H2,1-2H3,(H,14,15). The van der Waals surface area contributed by atoms with Gasteiger partial charge in [0.1, 0.15) is 0 Å². The van der Waals surface area contributed by atoms with Crippen LogP contribution < -0.4 is 11.1 Å². The second kappa shape index (κ2) is 6.86. The van der Waals surface area contributed by atoms with E-state index in [9.17, 15) is 4.79 Å². The van der Waals surface area contributed by atoms with Gasteiger partial charge in [0.25, 0.3) is 0 Å². The first-order chi connectivity index (χ1) is 7.63. The third-order valence-electron chi connectivity index (χ3n) is 3.05. The van der Waals surface area contributed by atoms with E-state index in [-0.39, 0.29) is 23.9 Å². The van der Waals surface area contributed by atoms with Crippen LogP contribution in [0.5, 0.6) is 0 Å². The Balaban J connectivity index is 2.27. The molecule has 0 aromatic carbocycles. The molecule has 94 valence electrons. The molecule has 0 aromatic heterocycles. The minimum atomic E-state index is 0.0885. The van der Waals surface area contributed by atoms with E-state index in [0.717, 1.165) is 25.7 Å². The topological polar surface area (TPSA) is 64.3 Å². The SMILES string of the molecule is CCOCC(C)NC(=O)C1CCCC(N)C1. The highest BCUT2D eigenvalue weighted by atomic mass is 16.5. The minimum Gasteiger partial charge on any atom is -0.380 e. The molecule has 3 N–H and O–H groups in total. The maximum Gasteiger partial charge on any atom is 0.223 e. The molecule has 0 aliphatic heterocycles. The van der Waals surface area contributed by atoms with Gasteiger partial charge in [0, 0.05) is 24.6 Å². The molecule has 3 unspecified atom stereocenters. The Bertz CT molecular complexity index is 221. The van der Waals surface area contributed by atoms with Gasteiger partial charge in [-0.1, -0.05) is 6.42 Å². The lowest BCUT2D eigenvalue weighted by Crippen LogP contribution is -2.42. The first kappa shape index (κ1) is 13.5. The predicted molar refractivity (Wildman–Crippen MR) is 64.0 cm³/mol. The molecule has 0 saturated heterocycles. The summed E-state index contributed by atoms with van der Waals surface area (Å²) in [4.78, 5) is 11.9. The number of nitrogens with one attached hydrogen (secondary N) is 1. The lowest BCUT2D eigenvalue weighted by molar-refractivity contribution is -0.127. The number of carbonyl (C=O) groups excluding carboxylic acids is 1. The Morgan fingerprint density at radius 3 is 2.94 bits per heavy atom. The zero-order valence-electron chi connectivity index (χ0n) is 10.4. The lowest BCUT2D eigenvalue weighted by Gasteiger charge is -2.27. The summed E-state index contributed by atoms with van der Waals surface area (Å²) in [6.45, 7) is 5.19. The maximum absolute atomic E-state index is 11.9. The van der Waals surface area contributed by atoms with Crippen molar-refractivity contribution in [3.05, 3.63) is 0 Å². The van der Waals surface area contributed by atoms with Crippen LogP contribution in [0.1, 0.15) is 39.5 Å². The summed E-state index contributed by atoms with van der Waals surface area (Å²) in [7, 11) is 0. The largest absolute Gasteiger partial charge is 0.380 e. The van der Waals surface area contributed by atoms with Crippen molar-refractivity contribution < 1.29 is 9.53 Å². The van der Waals surface area contributed by atoms with E-state index in [1.54, 1.807) is 0 Å². The van der Waals surface area contributed by atoms with Gasteiger partial charge < -0.3 is 15.8 Å². The van der Waals surface area contributed by atoms with Gasteiger partial charge in [0.05, 0.1) is 6.61 Å². The van der Waals surface area contributed by atoms with Crippen LogP contribution in [0.2, 0.25) is 0 Å². The molecule has 1 aliphatic rings. The van der Waals surface area contributed by atoms with Crippen molar-refractivity contribution >= 4 is 5.91 Å². The van der Waals surface area contributed by atoms with Gasteiger partial charge in [0.2, 0.25) is 5.91 Å². The number of ether oxygens (including phenoxy) is 1. The summed E-state index contributed by atoms with van der Waals surface area (Å²) in [5, 5.41) is 2.99. The average Bonchev–Trinajstić information content (AvgIpc) is 2.26. The Morgan fingerprint density at radius 1 is 1.56 bits per heavy atom. The predicted octanol–water partition coefficient (Wildman–Crippen LogP) is 1.05. The van der Waals surface area contributed by atoms with Gasteiger partial charge in [-0.05, 0) is 33.1 Å². The number of amides is 1. The highest BCUT2D eigenvalue weighted by molar-refractivity contribution is 5.79. The van der Waals surface area contributed by atoms with Crippen molar-refractivity contribution in [2.75, 3.05) is 13.2 Å². The van der Waals surface area contributed by atoms with E-state index < -0.39 is 0 Å². The molecule has 1 amide bonds. The normalized spacial score (nSPS) is 27.4. The fraction of sp³-hybridized carbons (Fsp3) is 0.917. The van der Waals surface area contributed by atoms with Gasteiger partial charge in [-0.3, -0.25) is 4.79 Å². The molecule has 0 bridgehead atoms. The van der Waals surface area contributed by atoms with Crippen LogP contribution in [0.4, 0.5) is 0 Å². The Labute approximate surface area is 97.9 Å². The molecular formula is C12H24N2O2. The molecule has 1 aliphatic carbocycles. The monoisotopic (exact) mass is 228 g/mol. The summed E-state index contributed by atoms with van der Waals surface area (Å²) in [5.74, 6) is 0.246. The van der Waals surface area contributed by atoms with Gasteiger partial charge in [0.15, 0.2) is 0 Å². The average molecular weight is 228 g/mol. The number of carbonyl (C=O) groups is 1. The molecule has 0 aromatic rings. The van der Waals surface area contributed by atoms with E-state index in [2.05, 4.69) is 5.32 Å². The number of hydrogen-bond donors (Lipinski definition) is 2. The fourth-order valence-electron chi connectivity index (χ4n) is 2.16. The first-order valence-electron chi connectivity index (χ1n) is 6.27. The van der Waals surface area contributed by atoms with Crippen LogP contribution in [-0.4, -0.2) is 31.2 Å². The van der Waals surface area contributed by atoms with Crippen LogP contribution in [0.25, 0.3) is 0 Å². The molecule has 1 saturated carbocycles. The molecule has 1 fully saturated rings. The van der Waals surface area contributed by atoms with Crippen molar-refractivity contribution in [2.24, 2.45) is 11.7 Å². The third-order valence-corrected chi connectivity index (χ3v) is 3.05. The molecule has 16 heavy (non-hydrogen) atoms. The molecule has 0 radical (unpaired) electrons. The van der Waals surface area contributed by atoms with E-state index in [1.807, 2.05) is 13.8 Å². The fourth-order valence-corrected chi connectivity index (χ4v) is 2.16. The Morgan fingerprint density at radius 2 is 2.31 bits per heavy atom. The quantitative estimate of drug-likeness (QED) is 0.739. The second-order valence-electron chi connectivity index (χ2n) is 4.69. The summed E-state index contributed by atoms with van der Waals surface area (Å²) in [5.41, 5.74) is 5.87. The second-order valence-corrected chi connectivity index (χ2v) is 4.69. The Hall–Kier alpha value is -0.610. The number of rotatable bonds is 5. The maximum atomic E-state index is 11.9. The highest BCUT2D eigenvalue weighted by Gasteiger charge is 2.25. The zero-order chi connectivity index (χ0) is 12.0. The lowest BCUT2D eigenvalue weighted by atomic mass is 9.85. The highest BCUT2D eigenvalue weighted by Crippen LogP contribution is 2.23. The van der Waals surface area contributed by atoms with Crippen molar-refractivity contribution in [3.8, 4) is 0 Å². The number of nitrogens with two attached hydrogens (primary N) is 1. The summed E-state index contributed by atoms with van der Waals surface area (Å²) in [6.07, 6.45) is 3.92. The molecule has 0 heterocycles. The van der Waals surface area contributed by atoms with Gasteiger partial charge in [-0.2, -0.15) is 0 Å². The van der Waals surface area contributed by atoms with Crippen molar-refractivity contribution in [1.29, 1.82) is 0 Å². The molecule has 3 atom stereocenters. The third kappa shape index (κ3) is 4.49. The number of hydrogen-bond acceptors (Lipinski definition) is 3. The van der Waals surface area contributed by atoms with Crippen LogP contribution in [-0.2, 0) is 9.53 Å². The summed E-state index contributed by atoms with van der Waals surface area (Å²) < 4.78 is 5.27. The summed E-state index contributed by atoms with van der Waals surface area (Å²) >= 11 is 0. The molecular weight excluding hydrogens is 204 g/mol. The van der Waals surface area contributed by atoms with E-state index in [4.69, 9.17) is 10.5 Å². The van der Waals surface area contributed by atoms with Crippen molar-refractivity contribution in [2.45, 2.75) is 51.6 Å².